The lowest BCUT2D eigenvalue weighted by Gasteiger charge is -1.89. The number of nitrogens with zero attached hydrogens (tertiary/aromatic N) is 3. The van der Waals surface area contributed by atoms with Gasteiger partial charge in [0.05, 0.1) is 0 Å². The molecular formula is C6H3BrFN3. The molecular weight excluding hydrogens is 213 g/mol. The van der Waals surface area contributed by atoms with Crippen molar-refractivity contribution in [2.24, 2.45) is 0 Å². The third-order valence-electron chi connectivity index (χ3n) is 1.29. The summed E-state index contributed by atoms with van der Waals surface area (Å²) in [5, 5.41) is 3.76. The SMILES string of the molecule is Fc1cccc2nc(Br)nn12. The first-order valence-corrected chi connectivity index (χ1v) is 3.73. The quantitative estimate of drug-likeness (QED) is 0.626. The average Bonchev–Trinajstić information content (AvgIpc) is 2.31. The zero-order valence-electron chi connectivity index (χ0n) is 5.33. The van der Waals surface area contributed by atoms with E-state index in [1.165, 1.54) is 6.07 Å². The summed E-state index contributed by atoms with van der Waals surface area (Å²) in [6.07, 6.45) is 0. The molecule has 2 aromatic rings. The van der Waals surface area contributed by atoms with Crippen LogP contribution in [0.25, 0.3) is 5.65 Å². The van der Waals surface area contributed by atoms with Gasteiger partial charge in [0, 0.05) is 0 Å². The van der Waals surface area contributed by atoms with Crippen molar-refractivity contribution in [3.63, 3.8) is 0 Å². The maximum atomic E-state index is 12.8. The number of rotatable bonds is 0. The van der Waals surface area contributed by atoms with Gasteiger partial charge in [-0.1, -0.05) is 6.07 Å². The standard InChI is InChI=1S/C6H3BrFN3/c7-6-9-5-3-1-2-4(8)11(5)10-6/h1-3H. The monoisotopic (exact) mass is 215 g/mol. The second-order valence-electron chi connectivity index (χ2n) is 2.00. The van der Waals surface area contributed by atoms with E-state index in [-0.39, 0.29) is 0 Å². The van der Waals surface area contributed by atoms with E-state index in [1.54, 1.807) is 12.1 Å². The maximum absolute atomic E-state index is 12.8. The van der Waals surface area contributed by atoms with E-state index in [2.05, 4.69) is 26.0 Å². The van der Waals surface area contributed by atoms with Crippen molar-refractivity contribution in [3.8, 4) is 0 Å². The van der Waals surface area contributed by atoms with Gasteiger partial charge < -0.3 is 0 Å². The lowest BCUT2D eigenvalue weighted by molar-refractivity contribution is 0.544. The van der Waals surface area contributed by atoms with Gasteiger partial charge in [-0.2, -0.15) is 8.91 Å². The first kappa shape index (κ1) is 6.72. The van der Waals surface area contributed by atoms with Crippen molar-refractivity contribution in [1.82, 2.24) is 14.6 Å². The smallest absolute Gasteiger partial charge is 0.201 e. The molecule has 0 aliphatic rings. The minimum absolute atomic E-state index is 0.391. The molecule has 0 saturated carbocycles. The molecule has 0 bridgehead atoms. The van der Waals surface area contributed by atoms with Crippen LogP contribution in [-0.2, 0) is 0 Å². The summed E-state index contributed by atoms with van der Waals surface area (Å²) in [6.45, 7) is 0. The zero-order chi connectivity index (χ0) is 7.84. The summed E-state index contributed by atoms with van der Waals surface area (Å²) in [6, 6.07) is 4.60. The molecule has 0 radical (unpaired) electrons. The highest BCUT2D eigenvalue weighted by Gasteiger charge is 2.02. The van der Waals surface area contributed by atoms with Crippen LogP contribution in [0.15, 0.2) is 22.9 Å². The summed E-state index contributed by atoms with van der Waals surface area (Å²) in [4.78, 5) is 3.90. The Bertz CT molecular complexity index is 398. The fraction of sp³-hybridized carbons (Fsp3) is 0. The van der Waals surface area contributed by atoms with Crippen LogP contribution in [0.1, 0.15) is 0 Å². The summed E-state index contributed by atoms with van der Waals surface area (Å²) >= 11 is 3.05. The predicted octanol–water partition coefficient (Wildman–Crippen LogP) is 1.63. The molecule has 0 aliphatic heterocycles. The zero-order valence-corrected chi connectivity index (χ0v) is 6.92. The number of fused-ring (bicyclic) bond motifs is 1. The molecule has 2 rings (SSSR count). The molecule has 0 N–H and O–H groups in total. The largest absolute Gasteiger partial charge is 0.218 e. The molecule has 0 spiro atoms. The Labute approximate surface area is 70.0 Å². The molecule has 0 aromatic carbocycles. The number of hydrogen-bond acceptors (Lipinski definition) is 2. The predicted molar refractivity (Wildman–Crippen MR) is 40.6 cm³/mol. The van der Waals surface area contributed by atoms with Crippen LogP contribution >= 0.6 is 15.9 Å². The second kappa shape index (κ2) is 2.27. The Morgan fingerprint density at radius 2 is 2.27 bits per heavy atom. The molecule has 0 aliphatic carbocycles. The van der Waals surface area contributed by atoms with Gasteiger partial charge in [0.25, 0.3) is 0 Å². The summed E-state index contributed by atoms with van der Waals surface area (Å²) in [7, 11) is 0. The number of aromatic nitrogens is 3. The van der Waals surface area contributed by atoms with Crippen molar-refractivity contribution in [3.05, 3.63) is 28.9 Å². The van der Waals surface area contributed by atoms with E-state index in [0.717, 1.165) is 4.52 Å². The summed E-state index contributed by atoms with van der Waals surface area (Å²) < 4.78 is 14.4. The van der Waals surface area contributed by atoms with E-state index in [0.29, 0.717) is 10.4 Å². The molecule has 3 nitrogen and oxygen atoms in total. The van der Waals surface area contributed by atoms with Crippen LogP contribution < -0.4 is 0 Å². The van der Waals surface area contributed by atoms with Crippen LogP contribution in [0.3, 0.4) is 0 Å². The van der Waals surface area contributed by atoms with Crippen LogP contribution in [0.4, 0.5) is 4.39 Å². The summed E-state index contributed by atoms with van der Waals surface area (Å²) in [5.74, 6) is -0.416. The lowest BCUT2D eigenvalue weighted by atomic mass is 10.5. The van der Waals surface area contributed by atoms with Crippen LogP contribution in [0.2, 0.25) is 0 Å². The third-order valence-corrected chi connectivity index (χ3v) is 1.62. The van der Waals surface area contributed by atoms with Gasteiger partial charge in [0.1, 0.15) is 0 Å². The molecule has 0 atom stereocenters. The Morgan fingerprint density at radius 1 is 1.45 bits per heavy atom. The van der Waals surface area contributed by atoms with Crippen molar-refractivity contribution < 1.29 is 4.39 Å². The third kappa shape index (κ3) is 1.01. The molecule has 2 aromatic heterocycles. The van der Waals surface area contributed by atoms with Crippen molar-refractivity contribution >= 4 is 21.6 Å². The fourth-order valence-electron chi connectivity index (χ4n) is 0.847. The van der Waals surface area contributed by atoms with Crippen molar-refractivity contribution in [2.45, 2.75) is 0 Å². The Balaban J connectivity index is 2.90. The van der Waals surface area contributed by atoms with Crippen LogP contribution in [0.5, 0.6) is 0 Å². The number of hydrogen-bond donors (Lipinski definition) is 0. The van der Waals surface area contributed by atoms with Gasteiger partial charge in [0.15, 0.2) is 5.65 Å². The Hall–Kier alpha value is -0.970. The van der Waals surface area contributed by atoms with Crippen molar-refractivity contribution in [1.29, 1.82) is 0 Å². The topological polar surface area (TPSA) is 30.2 Å². The summed E-state index contributed by atoms with van der Waals surface area (Å²) in [5.41, 5.74) is 0.497. The minimum Gasteiger partial charge on any atom is -0.201 e. The van der Waals surface area contributed by atoms with E-state index in [4.69, 9.17) is 0 Å². The van der Waals surface area contributed by atoms with E-state index < -0.39 is 5.95 Å². The fourth-order valence-corrected chi connectivity index (χ4v) is 1.19. The van der Waals surface area contributed by atoms with Gasteiger partial charge >= 0.3 is 0 Å². The van der Waals surface area contributed by atoms with Gasteiger partial charge in [-0.15, -0.1) is 5.10 Å². The highest BCUT2D eigenvalue weighted by atomic mass is 79.9. The van der Waals surface area contributed by atoms with E-state index >= 15 is 0 Å². The van der Waals surface area contributed by atoms with Crippen LogP contribution in [0, 0.1) is 5.95 Å². The molecule has 2 heterocycles. The normalized spacial score (nSPS) is 10.7. The molecule has 0 unspecified atom stereocenters. The second-order valence-corrected chi connectivity index (χ2v) is 2.71. The molecule has 5 heteroatoms. The van der Waals surface area contributed by atoms with Crippen molar-refractivity contribution in [2.75, 3.05) is 0 Å². The van der Waals surface area contributed by atoms with E-state index in [1.807, 2.05) is 0 Å². The van der Waals surface area contributed by atoms with Gasteiger partial charge in [-0.25, -0.2) is 4.98 Å². The molecule has 11 heavy (non-hydrogen) atoms. The molecule has 0 fully saturated rings. The van der Waals surface area contributed by atoms with E-state index in [9.17, 15) is 4.39 Å². The van der Waals surface area contributed by atoms with Gasteiger partial charge in [-0.05, 0) is 28.1 Å². The van der Waals surface area contributed by atoms with Gasteiger partial charge in [-0.3, -0.25) is 0 Å². The van der Waals surface area contributed by atoms with Gasteiger partial charge in [0.2, 0.25) is 10.7 Å². The highest BCUT2D eigenvalue weighted by Crippen LogP contribution is 2.07. The number of pyridine rings is 1. The first-order valence-electron chi connectivity index (χ1n) is 2.94. The Morgan fingerprint density at radius 3 is 3.00 bits per heavy atom. The Kier molecular flexibility index (Phi) is 1.38. The average molecular weight is 216 g/mol. The minimum atomic E-state index is -0.416. The highest BCUT2D eigenvalue weighted by molar-refractivity contribution is 9.10. The maximum Gasteiger partial charge on any atom is 0.218 e. The van der Waals surface area contributed by atoms with Crippen LogP contribution in [-0.4, -0.2) is 14.6 Å². The first-order chi connectivity index (χ1) is 5.27. The number of halogens is 2. The lowest BCUT2D eigenvalue weighted by Crippen LogP contribution is -1.92. The molecule has 0 saturated heterocycles. The molecule has 56 valence electrons. The molecule has 0 amide bonds.